The van der Waals surface area contributed by atoms with Crippen LogP contribution in [0.4, 0.5) is 0 Å². The molecular weight excluding hydrogens is 585 g/mol. The number of nitrogens with one attached hydrogen (secondary N) is 2. The number of aromatic amines is 2. The van der Waals surface area contributed by atoms with Crippen LogP contribution in [0, 0.1) is 12.3 Å². The highest BCUT2D eigenvalue weighted by molar-refractivity contribution is 6.02. The van der Waals surface area contributed by atoms with Crippen molar-refractivity contribution in [3.63, 3.8) is 0 Å². The summed E-state index contributed by atoms with van der Waals surface area (Å²) in [5.41, 5.74) is 22.8. The van der Waals surface area contributed by atoms with Crippen molar-refractivity contribution in [2.75, 3.05) is 0 Å². The molecule has 4 nitrogen and oxygen atoms in total. The number of terminal acetylenes is 1. The van der Waals surface area contributed by atoms with Gasteiger partial charge in [0.1, 0.15) is 0 Å². The van der Waals surface area contributed by atoms with Crippen LogP contribution in [0.1, 0.15) is 132 Å². The summed E-state index contributed by atoms with van der Waals surface area (Å²) in [6, 6.07) is 15.4. The summed E-state index contributed by atoms with van der Waals surface area (Å²) in [5.74, 6) is 2.81. The molecule has 6 rings (SSSR count). The maximum atomic E-state index is 5.81. The first kappa shape index (κ1) is 33.3. The van der Waals surface area contributed by atoms with E-state index in [0.29, 0.717) is 0 Å². The molecule has 0 amide bonds. The van der Waals surface area contributed by atoms with Crippen molar-refractivity contribution < 1.29 is 0 Å². The molecule has 1 aromatic carbocycles. The minimum Gasteiger partial charge on any atom is -0.355 e. The van der Waals surface area contributed by atoms with Crippen molar-refractivity contribution in [1.29, 1.82) is 0 Å². The molecule has 0 atom stereocenters. The van der Waals surface area contributed by atoms with E-state index in [1.807, 2.05) is 0 Å². The van der Waals surface area contributed by atoms with Gasteiger partial charge >= 0.3 is 0 Å². The van der Waals surface area contributed by atoms with Crippen LogP contribution in [0.5, 0.6) is 0 Å². The van der Waals surface area contributed by atoms with Crippen LogP contribution in [0.3, 0.4) is 0 Å². The molecule has 2 aliphatic heterocycles. The summed E-state index contributed by atoms with van der Waals surface area (Å²) < 4.78 is 0. The molecule has 2 N–H and O–H groups in total. The van der Waals surface area contributed by atoms with Crippen molar-refractivity contribution >= 4 is 44.4 Å². The fourth-order valence-corrected chi connectivity index (χ4v) is 8.20. The van der Waals surface area contributed by atoms with Gasteiger partial charge in [-0.05, 0) is 132 Å². The third-order valence-electron chi connectivity index (χ3n) is 10.4. The van der Waals surface area contributed by atoms with E-state index >= 15 is 0 Å². The Morgan fingerprint density at radius 3 is 1.54 bits per heavy atom. The fraction of sp³-hybridized carbons (Fsp3) is 0.364. The molecule has 2 aliphatic rings. The van der Waals surface area contributed by atoms with Gasteiger partial charge in [-0.2, -0.15) is 0 Å². The normalized spacial score (nSPS) is 13.1. The summed E-state index contributed by atoms with van der Waals surface area (Å²) in [5, 5.41) is 0. The van der Waals surface area contributed by atoms with Gasteiger partial charge in [-0.25, -0.2) is 9.97 Å². The number of nitrogens with zero attached hydrogens (tertiary/aromatic N) is 2. The number of H-pyrrole nitrogens is 2. The van der Waals surface area contributed by atoms with E-state index in [9.17, 15) is 0 Å². The van der Waals surface area contributed by atoms with Crippen LogP contribution in [-0.2, 0) is 25.7 Å². The fourth-order valence-electron chi connectivity index (χ4n) is 8.20. The van der Waals surface area contributed by atoms with Crippen molar-refractivity contribution in [1.82, 2.24) is 19.9 Å². The van der Waals surface area contributed by atoms with Gasteiger partial charge in [0.05, 0.1) is 28.3 Å². The number of fused-ring (bicyclic) bond motifs is 8. The average Bonchev–Trinajstić information content (AvgIpc) is 3.84. The molecule has 48 heavy (non-hydrogen) atoms. The highest BCUT2D eigenvalue weighted by Crippen LogP contribution is 2.43. The summed E-state index contributed by atoms with van der Waals surface area (Å²) in [6.45, 7) is 18.1. The zero-order chi connectivity index (χ0) is 34.1. The second-order valence-electron chi connectivity index (χ2n) is 12.8. The van der Waals surface area contributed by atoms with Gasteiger partial charge in [-0.1, -0.05) is 73.4 Å². The first-order valence-corrected chi connectivity index (χ1v) is 18.2. The Morgan fingerprint density at radius 1 is 0.521 bits per heavy atom. The van der Waals surface area contributed by atoms with E-state index in [1.54, 1.807) is 0 Å². The SMILES string of the molecule is C#Cc1ccc(-c2c3nc(cc4nc(cc5[nH]c(cc6[nH]c2c(CC)c6CC)c(CC)c5CC)C(CC)=C4CC)C(CC)=C3CC)cc1. The number of aryl methyl sites for hydroxylation is 4. The molecule has 0 fully saturated rings. The molecule has 0 saturated carbocycles. The molecule has 5 heterocycles. The Hall–Kier alpha value is -4.62. The summed E-state index contributed by atoms with van der Waals surface area (Å²) in [7, 11) is 0. The third kappa shape index (κ3) is 5.44. The summed E-state index contributed by atoms with van der Waals surface area (Å²) >= 11 is 0. The lowest BCUT2D eigenvalue weighted by Crippen LogP contribution is -1.93. The Morgan fingerprint density at radius 2 is 1.00 bits per heavy atom. The largest absolute Gasteiger partial charge is 0.355 e. The lowest BCUT2D eigenvalue weighted by Gasteiger charge is -2.11. The first-order chi connectivity index (χ1) is 23.4. The van der Waals surface area contributed by atoms with Gasteiger partial charge in [0.2, 0.25) is 0 Å². The van der Waals surface area contributed by atoms with Crippen molar-refractivity contribution in [3.8, 4) is 23.5 Å². The average molecular weight is 635 g/mol. The monoisotopic (exact) mass is 634 g/mol. The van der Waals surface area contributed by atoms with Gasteiger partial charge in [-0.15, -0.1) is 6.42 Å². The number of aromatic nitrogens is 4. The second kappa shape index (κ2) is 13.9. The van der Waals surface area contributed by atoms with E-state index in [0.717, 1.165) is 96.3 Å². The lowest BCUT2D eigenvalue weighted by molar-refractivity contribution is 1.07. The number of benzene rings is 1. The first-order valence-electron chi connectivity index (χ1n) is 18.2. The maximum absolute atomic E-state index is 5.81. The Kier molecular flexibility index (Phi) is 9.61. The molecule has 246 valence electrons. The smallest absolute Gasteiger partial charge is 0.0771 e. The molecule has 0 unspecified atom stereocenters. The van der Waals surface area contributed by atoms with Gasteiger partial charge in [0, 0.05) is 27.7 Å². The van der Waals surface area contributed by atoms with Gasteiger partial charge in [-0.3, -0.25) is 0 Å². The van der Waals surface area contributed by atoms with Crippen LogP contribution in [0.2, 0.25) is 0 Å². The van der Waals surface area contributed by atoms with Crippen LogP contribution in [-0.4, -0.2) is 19.9 Å². The predicted octanol–water partition coefficient (Wildman–Crippen LogP) is 11.7. The molecule has 0 spiro atoms. The van der Waals surface area contributed by atoms with Gasteiger partial charge in [0.25, 0.3) is 0 Å². The molecule has 4 heteroatoms. The maximum Gasteiger partial charge on any atom is 0.0771 e. The lowest BCUT2D eigenvalue weighted by atomic mass is 9.92. The van der Waals surface area contributed by atoms with Crippen LogP contribution in [0.25, 0.3) is 55.5 Å². The highest BCUT2D eigenvalue weighted by atomic mass is 14.8. The summed E-state index contributed by atoms with van der Waals surface area (Å²) in [4.78, 5) is 18.8. The summed E-state index contributed by atoms with van der Waals surface area (Å²) in [6.07, 6.45) is 13.3. The predicted molar refractivity (Wildman–Crippen MR) is 207 cm³/mol. The van der Waals surface area contributed by atoms with Crippen LogP contribution >= 0.6 is 0 Å². The topological polar surface area (TPSA) is 57.4 Å². The minimum absolute atomic E-state index is 0.877. The van der Waals surface area contributed by atoms with Gasteiger partial charge < -0.3 is 9.97 Å². The number of hydrogen-bond acceptors (Lipinski definition) is 2. The molecule has 0 aliphatic carbocycles. The number of hydrogen-bond donors (Lipinski definition) is 2. The molecule has 0 saturated heterocycles. The van der Waals surface area contributed by atoms with Gasteiger partial charge in [0.15, 0.2) is 0 Å². The third-order valence-corrected chi connectivity index (χ3v) is 10.4. The van der Waals surface area contributed by atoms with Crippen molar-refractivity contribution in [2.45, 2.75) is 107 Å². The van der Waals surface area contributed by atoms with E-state index in [-0.39, 0.29) is 0 Å². The molecular formula is C44H50N4. The van der Waals surface area contributed by atoms with E-state index < -0.39 is 0 Å². The van der Waals surface area contributed by atoms with Crippen molar-refractivity contribution in [2.24, 2.45) is 0 Å². The number of rotatable bonds is 9. The van der Waals surface area contributed by atoms with E-state index in [1.165, 1.54) is 61.1 Å². The Labute approximate surface area is 286 Å². The van der Waals surface area contributed by atoms with Crippen LogP contribution < -0.4 is 0 Å². The minimum atomic E-state index is 0.877. The van der Waals surface area contributed by atoms with E-state index in [2.05, 4.69) is 114 Å². The Bertz CT molecular complexity index is 2160. The molecule has 8 bridgehead atoms. The van der Waals surface area contributed by atoms with E-state index in [4.69, 9.17) is 16.4 Å². The molecule has 3 aromatic heterocycles. The quantitative estimate of drug-likeness (QED) is 0.180. The Balaban J connectivity index is 1.92. The second-order valence-corrected chi connectivity index (χ2v) is 12.8. The van der Waals surface area contributed by atoms with Crippen molar-refractivity contribution in [3.05, 3.63) is 93.1 Å². The highest BCUT2D eigenvalue weighted by Gasteiger charge is 2.26. The zero-order valence-electron chi connectivity index (χ0n) is 30.2. The van der Waals surface area contributed by atoms with Crippen LogP contribution in [0.15, 0.2) is 42.5 Å². The molecule has 4 aromatic rings. The number of allylic oxidation sites excluding steroid dienone is 4. The standard InChI is InChI=1S/C44H50N4/c1-10-26-19-21-27(22-20-26)42-43-34(17-8)32(15-6)40(47-43)24-38-30(13-4)28(11-2)36(45-38)23-37-29(12-3)31(14-5)39(46-37)25-41-33(16-7)35(18-9)44(42)48-41/h1,19-25,45,47H,11-18H2,2-9H3. The zero-order valence-corrected chi connectivity index (χ0v) is 30.2. The molecule has 0 radical (unpaired) electrons.